The van der Waals surface area contributed by atoms with E-state index in [1.807, 2.05) is 31.2 Å². The van der Waals surface area contributed by atoms with Gasteiger partial charge in [-0.25, -0.2) is 0 Å². The van der Waals surface area contributed by atoms with Gasteiger partial charge in [0.2, 0.25) is 11.7 Å². The van der Waals surface area contributed by atoms with Gasteiger partial charge >= 0.3 is 5.97 Å². The van der Waals surface area contributed by atoms with E-state index in [2.05, 4.69) is 20.7 Å². The molecule has 1 aromatic heterocycles. The van der Waals surface area contributed by atoms with Gasteiger partial charge in [0.25, 0.3) is 0 Å². The number of nitrogens with one attached hydrogen (secondary N) is 1. The Hall–Kier alpha value is -2.77. The lowest BCUT2D eigenvalue weighted by atomic mass is 9.80. The fourth-order valence-electron chi connectivity index (χ4n) is 2.47. The molecule has 0 saturated heterocycles. The Balaban J connectivity index is 1.54. The second kappa shape index (κ2) is 6.15. The van der Waals surface area contributed by atoms with Crippen LogP contribution in [0.15, 0.2) is 24.3 Å². The standard InChI is InChI=1S/C15H17N5O3/c1-9-2-4-10(5-3-9)14-17-19-20(18-14)8-13(21)16-12-6-11(7-12)15(22)23/h2-5,11-12H,6-8H2,1H3,(H,16,21)(H,22,23). The van der Waals surface area contributed by atoms with Crippen molar-refractivity contribution in [1.82, 2.24) is 25.5 Å². The van der Waals surface area contributed by atoms with E-state index in [0.29, 0.717) is 18.7 Å². The topological polar surface area (TPSA) is 110 Å². The molecule has 1 aliphatic carbocycles. The Kier molecular flexibility index (Phi) is 4.05. The number of tetrazole rings is 1. The highest BCUT2D eigenvalue weighted by atomic mass is 16.4. The maximum Gasteiger partial charge on any atom is 0.306 e. The second-order valence-electron chi connectivity index (χ2n) is 5.78. The van der Waals surface area contributed by atoms with Crippen LogP contribution >= 0.6 is 0 Å². The SMILES string of the molecule is Cc1ccc(-c2nnn(CC(=O)NC3CC(C(=O)O)C3)n2)cc1. The van der Waals surface area contributed by atoms with Crippen LogP contribution in [0.4, 0.5) is 0 Å². The van der Waals surface area contributed by atoms with E-state index in [1.54, 1.807) is 0 Å². The highest BCUT2D eigenvalue weighted by molar-refractivity contribution is 5.77. The first-order valence-corrected chi connectivity index (χ1v) is 7.38. The molecule has 0 spiro atoms. The van der Waals surface area contributed by atoms with Crippen molar-refractivity contribution in [2.75, 3.05) is 0 Å². The van der Waals surface area contributed by atoms with E-state index >= 15 is 0 Å². The van der Waals surface area contributed by atoms with E-state index in [9.17, 15) is 9.59 Å². The van der Waals surface area contributed by atoms with Crippen molar-refractivity contribution in [1.29, 1.82) is 0 Å². The molecule has 2 N–H and O–H groups in total. The summed E-state index contributed by atoms with van der Waals surface area (Å²) in [6, 6.07) is 7.63. The van der Waals surface area contributed by atoms with Crippen molar-refractivity contribution in [2.24, 2.45) is 5.92 Å². The van der Waals surface area contributed by atoms with Gasteiger partial charge in [-0.05, 0) is 25.0 Å². The van der Waals surface area contributed by atoms with Gasteiger partial charge in [0.05, 0.1) is 5.92 Å². The van der Waals surface area contributed by atoms with Gasteiger partial charge in [-0.3, -0.25) is 9.59 Å². The van der Waals surface area contributed by atoms with E-state index < -0.39 is 5.97 Å². The monoisotopic (exact) mass is 315 g/mol. The molecule has 120 valence electrons. The first-order chi connectivity index (χ1) is 11.0. The molecule has 0 unspecified atom stereocenters. The minimum atomic E-state index is -0.809. The lowest BCUT2D eigenvalue weighted by molar-refractivity contribution is -0.146. The maximum atomic E-state index is 11.9. The fourth-order valence-corrected chi connectivity index (χ4v) is 2.47. The van der Waals surface area contributed by atoms with Gasteiger partial charge in [0.1, 0.15) is 6.54 Å². The van der Waals surface area contributed by atoms with Crippen LogP contribution in [-0.4, -0.2) is 43.2 Å². The van der Waals surface area contributed by atoms with Crippen LogP contribution in [0.1, 0.15) is 18.4 Å². The zero-order chi connectivity index (χ0) is 16.4. The van der Waals surface area contributed by atoms with Crippen molar-refractivity contribution < 1.29 is 14.7 Å². The molecule has 2 aromatic rings. The van der Waals surface area contributed by atoms with Crippen LogP contribution in [-0.2, 0) is 16.1 Å². The third kappa shape index (κ3) is 3.53. The second-order valence-corrected chi connectivity index (χ2v) is 5.78. The quantitative estimate of drug-likeness (QED) is 0.837. The summed E-state index contributed by atoms with van der Waals surface area (Å²) in [5, 5.41) is 23.6. The summed E-state index contributed by atoms with van der Waals surface area (Å²) < 4.78 is 0. The number of rotatable bonds is 5. The van der Waals surface area contributed by atoms with Gasteiger partial charge in [-0.1, -0.05) is 29.8 Å². The predicted octanol–water partition coefficient (Wildman–Crippen LogP) is 0.628. The summed E-state index contributed by atoms with van der Waals surface area (Å²) >= 11 is 0. The summed E-state index contributed by atoms with van der Waals surface area (Å²) in [5.74, 6) is -0.937. The van der Waals surface area contributed by atoms with Gasteiger partial charge in [-0.15, -0.1) is 10.2 Å². The largest absolute Gasteiger partial charge is 0.481 e. The molecule has 8 heteroatoms. The molecule has 0 atom stereocenters. The minimum Gasteiger partial charge on any atom is -0.481 e. The van der Waals surface area contributed by atoms with Crippen LogP contribution in [0.2, 0.25) is 0 Å². The number of benzene rings is 1. The van der Waals surface area contributed by atoms with Crippen molar-refractivity contribution in [3.63, 3.8) is 0 Å². The Morgan fingerprint density at radius 1 is 1.30 bits per heavy atom. The first kappa shape index (κ1) is 15.1. The summed E-state index contributed by atoms with van der Waals surface area (Å²) in [6.45, 7) is 1.96. The number of aromatic nitrogens is 4. The minimum absolute atomic E-state index is 0.0346. The Labute approximate surface area is 132 Å². The molecule has 0 aliphatic heterocycles. The predicted molar refractivity (Wildman–Crippen MR) is 80.3 cm³/mol. The number of carboxylic acid groups (broad SMARTS) is 1. The molecule has 1 heterocycles. The number of aliphatic carboxylic acids is 1. The van der Waals surface area contributed by atoms with E-state index in [-0.39, 0.29) is 24.4 Å². The van der Waals surface area contributed by atoms with Crippen LogP contribution in [0, 0.1) is 12.8 Å². The zero-order valence-electron chi connectivity index (χ0n) is 12.6. The van der Waals surface area contributed by atoms with Gasteiger partial charge in [0.15, 0.2) is 0 Å². The van der Waals surface area contributed by atoms with E-state index in [4.69, 9.17) is 5.11 Å². The van der Waals surface area contributed by atoms with Crippen molar-refractivity contribution in [3.05, 3.63) is 29.8 Å². The van der Waals surface area contributed by atoms with Crippen molar-refractivity contribution in [2.45, 2.75) is 32.4 Å². The Morgan fingerprint density at radius 3 is 2.65 bits per heavy atom. The zero-order valence-corrected chi connectivity index (χ0v) is 12.6. The number of hydrogen-bond acceptors (Lipinski definition) is 5. The summed E-state index contributed by atoms with van der Waals surface area (Å²) in [6.07, 6.45) is 0.945. The molecule has 1 aromatic carbocycles. The molecule has 8 nitrogen and oxygen atoms in total. The molecule has 0 bridgehead atoms. The number of carbonyl (C=O) groups excluding carboxylic acids is 1. The van der Waals surface area contributed by atoms with Crippen LogP contribution < -0.4 is 5.32 Å². The normalized spacial score (nSPS) is 19.9. The summed E-state index contributed by atoms with van der Waals surface area (Å²) in [5.41, 5.74) is 1.98. The molecule has 1 saturated carbocycles. The fraction of sp³-hybridized carbons (Fsp3) is 0.400. The summed E-state index contributed by atoms with van der Waals surface area (Å²) in [4.78, 5) is 23.8. The van der Waals surface area contributed by atoms with Crippen molar-refractivity contribution >= 4 is 11.9 Å². The average molecular weight is 315 g/mol. The van der Waals surface area contributed by atoms with Gasteiger partial charge in [0, 0.05) is 11.6 Å². The number of carboxylic acids is 1. The molecule has 3 rings (SSSR count). The maximum absolute atomic E-state index is 11.9. The highest BCUT2D eigenvalue weighted by Gasteiger charge is 2.35. The first-order valence-electron chi connectivity index (χ1n) is 7.38. The Morgan fingerprint density at radius 2 is 2.00 bits per heavy atom. The Bertz CT molecular complexity index is 719. The molecule has 0 radical (unpaired) electrons. The number of carbonyl (C=O) groups is 2. The van der Waals surface area contributed by atoms with Crippen LogP contribution in [0.25, 0.3) is 11.4 Å². The van der Waals surface area contributed by atoms with Crippen molar-refractivity contribution in [3.8, 4) is 11.4 Å². The molecular weight excluding hydrogens is 298 g/mol. The lowest BCUT2D eigenvalue weighted by Gasteiger charge is -2.32. The molecular formula is C15H17N5O3. The summed E-state index contributed by atoms with van der Waals surface area (Å²) in [7, 11) is 0. The highest BCUT2D eigenvalue weighted by Crippen LogP contribution is 2.27. The number of hydrogen-bond donors (Lipinski definition) is 2. The smallest absolute Gasteiger partial charge is 0.306 e. The number of amides is 1. The lowest BCUT2D eigenvalue weighted by Crippen LogP contribution is -2.47. The molecule has 1 aliphatic rings. The number of aryl methyl sites for hydroxylation is 1. The van der Waals surface area contributed by atoms with E-state index in [1.165, 1.54) is 4.80 Å². The third-order valence-electron chi connectivity index (χ3n) is 3.90. The molecule has 23 heavy (non-hydrogen) atoms. The molecule has 1 fully saturated rings. The van der Waals surface area contributed by atoms with E-state index in [0.717, 1.165) is 11.1 Å². The molecule has 1 amide bonds. The van der Waals surface area contributed by atoms with Gasteiger partial charge in [-0.2, -0.15) is 4.80 Å². The number of nitrogens with zero attached hydrogens (tertiary/aromatic N) is 4. The van der Waals surface area contributed by atoms with Crippen LogP contribution in [0.5, 0.6) is 0 Å². The van der Waals surface area contributed by atoms with Gasteiger partial charge < -0.3 is 10.4 Å². The third-order valence-corrected chi connectivity index (χ3v) is 3.90. The van der Waals surface area contributed by atoms with Crippen LogP contribution in [0.3, 0.4) is 0 Å². The average Bonchev–Trinajstić information content (AvgIpc) is 2.91.